The first-order valence-corrected chi connectivity index (χ1v) is 8.53. The van der Waals surface area contributed by atoms with Crippen molar-refractivity contribution < 1.29 is 9.90 Å². The molecule has 0 aliphatic carbocycles. The largest absolute Gasteiger partial charge is 0.390 e. The van der Waals surface area contributed by atoms with E-state index in [1.165, 1.54) is 16.7 Å². The van der Waals surface area contributed by atoms with E-state index in [-0.39, 0.29) is 5.91 Å². The summed E-state index contributed by atoms with van der Waals surface area (Å²) in [6.07, 6.45) is 1.01. The van der Waals surface area contributed by atoms with Gasteiger partial charge in [0.2, 0.25) is 5.91 Å². The average Bonchev–Trinajstić information content (AvgIpc) is 3.01. The third-order valence-electron chi connectivity index (χ3n) is 4.37. The van der Waals surface area contributed by atoms with Crippen molar-refractivity contribution in [1.29, 1.82) is 0 Å². The van der Waals surface area contributed by atoms with Crippen LogP contribution in [-0.2, 0) is 11.3 Å². The van der Waals surface area contributed by atoms with Gasteiger partial charge < -0.3 is 15.3 Å². The zero-order valence-electron chi connectivity index (χ0n) is 13.8. The van der Waals surface area contributed by atoms with Crippen LogP contribution in [0.25, 0.3) is 11.1 Å². The van der Waals surface area contributed by atoms with Gasteiger partial charge in [0.25, 0.3) is 0 Å². The Labute approximate surface area is 143 Å². The van der Waals surface area contributed by atoms with Crippen LogP contribution in [0.4, 0.5) is 0 Å². The summed E-state index contributed by atoms with van der Waals surface area (Å²) in [5, 5.41) is 13.3. The summed E-state index contributed by atoms with van der Waals surface area (Å²) >= 11 is 0. The minimum absolute atomic E-state index is 0.158. The first-order valence-electron chi connectivity index (χ1n) is 8.53. The highest BCUT2D eigenvalue weighted by atomic mass is 16.3. The highest BCUT2D eigenvalue weighted by Gasteiger charge is 2.22. The predicted molar refractivity (Wildman–Crippen MR) is 95.4 cm³/mol. The standard InChI is InChI=1S/C20H24N2O2/c23-19(15-22-12-4-7-20(22)24)14-21-13-16-8-10-18(11-9-16)17-5-2-1-3-6-17/h1-3,5-6,8-11,19,21,23H,4,7,12-15H2/t19-/m1/s1. The lowest BCUT2D eigenvalue weighted by atomic mass is 10.0. The molecule has 126 valence electrons. The van der Waals surface area contributed by atoms with E-state index in [1.807, 2.05) is 18.2 Å². The van der Waals surface area contributed by atoms with E-state index >= 15 is 0 Å². The monoisotopic (exact) mass is 324 g/mol. The van der Waals surface area contributed by atoms with Crippen molar-refractivity contribution in [2.45, 2.75) is 25.5 Å². The van der Waals surface area contributed by atoms with Crippen molar-refractivity contribution in [3.8, 4) is 11.1 Å². The van der Waals surface area contributed by atoms with Gasteiger partial charge in [-0.1, -0.05) is 54.6 Å². The number of amides is 1. The van der Waals surface area contributed by atoms with E-state index in [0.717, 1.165) is 13.0 Å². The van der Waals surface area contributed by atoms with Crippen LogP contribution in [0.15, 0.2) is 54.6 Å². The molecule has 0 aromatic heterocycles. The van der Waals surface area contributed by atoms with Gasteiger partial charge in [-0.25, -0.2) is 0 Å². The molecular formula is C20H24N2O2. The smallest absolute Gasteiger partial charge is 0.222 e. The van der Waals surface area contributed by atoms with Gasteiger partial charge in [0.1, 0.15) is 0 Å². The van der Waals surface area contributed by atoms with Crippen LogP contribution in [0.1, 0.15) is 18.4 Å². The molecule has 0 radical (unpaired) electrons. The molecule has 0 bridgehead atoms. The summed E-state index contributed by atoms with van der Waals surface area (Å²) in [5.41, 5.74) is 3.59. The Balaban J connectivity index is 1.44. The van der Waals surface area contributed by atoms with Gasteiger partial charge in [-0.2, -0.15) is 0 Å². The molecule has 4 nitrogen and oxygen atoms in total. The molecule has 1 aliphatic rings. The molecule has 1 atom stereocenters. The quantitative estimate of drug-likeness (QED) is 0.822. The molecule has 0 spiro atoms. The Morgan fingerprint density at radius 1 is 1.04 bits per heavy atom. The fraction of sp³-hybridized carbons (Fsp3) is 0.350. The highest BCUT2D eigenvalue weighted by molar-refractivity contribution is 5.78. The van der Waals surface area contributed by atoms with Gasteiger partial charge >= 0.3 is 0 Å². The van der Waals surface area contributed by atoms with E-state index in [1.54, 1.807) is 4.90 Å². The average molecular weight is 324 g/mol. The van der Waals surface area contributed by atoms with Gasteiger partial charge in [-0.3, -0.25) is 4.79 Å². The molecule has 2 N–H and O–H groups in total. The number of rotatable bonds is 7. The van der Waals surface area contributed by atoms with E-state index < -0.39 is 6.10 Å². The van der Waals surface area contributed by atoms with Crippen LogP contribution >= 0.6 is 0 Å². The molecular weight excluding hydrogens is 300 g/mol. The molecule has 1 amide bonds. The van der Waals surface area contributed by atoms with E-state index in [0.29, 0.717) is 26.1 Å². The predicted octanol–water partition coefficient (Wildman–Crippen LogP) is 2.43. The summed E-state index contributed by atoms with van der Waals surface area (Å²) in [4.78, 5) is 13.3. The van der Waals surface area contributed by atoms with Gasteiger partial charge in [-0.05, 0) is 23.1 Å². The number of hydrogen-bond acceptors (Lipinski definition) is 3. The lowest BCUT2D eigenvalue weighted by Gasteiger charge is -2.20. The number of aliphatic hydroxyl groups excluding tert-OH is 1. The molecule has 0 saturated carbocycles. The molecule has 1 fully saturated rings. The van der Waals surface area contributed by atoms with Crippen molar-refractivity contribution in [2.75, 3.05) is 19.6 Å². The van der Waals surface area contributed by atoms with Gasteiger partial charge in [-0.15, -0.1) is 0 Å². The van der Waals surface area contributed by atoms with Crippen LogP contribution in [0.5, 0.6) is 0 Å². The zero-order valence-corrected chi connectivity index (χ0v) is 13.8. The zero-order chi connectivity index (χ0) is 16.8. The number of β-amino-alcohol motifs (C(OH)–C–C–N with tert-alkyl or cyclic N) is 1. The number of benzene rings is 2. The van der Waals surface area contributed by atoms with E-state index in [2.05, 4.69) is 41.7 Å². The van der Waals surface area contributed by atoms with Crippen molar-refractivity contribution in [1.82, 2.24) is 10.2 Å². The van der Waals surface area contributed by atoms with Crippen LogP contribution in [0.2, 0.25) is 0 Å². The van der Waals surface area contributed by atoms with Crippen molar-refractivity contribution in [2.24, 2.45) is 0 Å². The lowest BCUT2D eigenvalue weighted by Crippen LogP contribution is -2.38. The number of nitrogens with zero attached hydrogens (tertiary/aromatic N) is 1. The van der Waals surface area contributed by atoms with Crippen LogP contribution in [-0.4, -0.2) is 41.7 Å². The third kappa shape index (κ3) is 4.43. The second-order valence-electron chi connectivity index (χ2n) is 6.29. The summed E-state index contributed by atoms with van der Waals surface area (Å²) < 4.78 is 0. The van der Waals surface area contributed by atoms with Gasteiger partial charge in [0.05, 0.1) is 6.10 Å². The maximum atomic E-state index is 11.5. The lowest BCUT2D eigenvalue weighted by molar-refractivity contribution is -0.128. The number of carbonyl (C=O) groups excluding carboxylic acids is 1. The van der Waals surface area contributed by atoms with Crippen LogP contribution in [0, 0.1) is 0 Å². The Kier molecular flexibility index (Phi) is 5.62. The molecule has 4 heteroatoms. The maximum absolute atomic E-state index is 11.5. The molecule has 0 unspecified atom stereocenters. The van der Waals surface area contributed by atoms with Crippen LogP contribution in [0.3, 0.4) is 0 Å². The topological polar surface area (TPSA) is 52.6 Å². The Morgan fingerprint density at radius 2 is 1.75 bits per heavy atom. The molecule has 2 aromatic rings. The fourth-order valence-corrected chi connectivity index (χ4v) is 3.04. The molecule has 1 saturated heterocycles. The SMILES string of the molecule is O=C1CCCN1C[C@H](O)CNCc1ccc(-c2ccccc2)cc1. The fourth-order valence-electron chi connectivity index (χ4n) is 3.04. The number of hydrogen-bond donors (Lipinski definition) is 2. The van der Waals surface area contributed by atoms with Crippen molar-refractivity contribution in [3.05, 3.63) is 60.2 Å². The summed E-state index contributed by atoms with van der Waals surface area (Å²) in [6.45, 7) is 2.40. The Bertz CT molecular complexity index is 655. The summed E-state index contributed by atoms with van der Waals surface area (Å²) in [7, 11) is 0. The second kappa shape index (κ2) is 8.08. The number of nitrogens with one attached hydrogen (secondary N) is 1. The van der Waals surface area contributed by atoms with E-state index in [9.17, 15) is 9.90 Å². The number of likely N-dealkylation sites (tertiary alicyclic amines) is 1. The highest BCUT2D eigenvalue weighted by Crippen LogP contribution is 2.19. The van der Waals surface area contributed by atoms with Crippen molar-refractivity contribution in [3.63, 3.8) is 0 Å². The van der Waals surface area contributed by atoms with Gasteiger partial charge in [0.15, 0.2) is 0 Å². The minimum Gasteiger partial charge on any atom is -0.390 e. The Hall–Kier alpha value is -2.17. The molecule has 2 aromatic carbocycles. The summed E-state index contributed by atoms with van der Waals surface area (Å²) in [6, 6.07) is 18.7. The van der Waals surface area contributed by atoms with E-state index in [4.69, 9.17) is 0 Å². The minimum atomic E-state index is -0.518. The molecule has 1 heterocycles. The number of aliphatic hydroxyl groups is 1. The molecule has 3 rings (SSSR count). The third-order valence-corrected chi connectivity index (χ3v) is 4.37. The summed E-state index contributed by atoms with van der Waals surface area (Å²) in [5.74, 6) is 0.158. The van der Waals surface area contributed by atoms with Crippen molar-refractivity contribution >= 4 is 5.91 Å². The van der Waals surface area contributed by atoms with Gasteiger partial charge in [0, 0.05) is 32.6 Å². The number of carbonyl (C=O) groups is 1. The normalized spacial score (nSPS) is 15.7. The molecule has 1 aliphatic heterocycles. The first kappa shape index (κ1) is 16.7. The first-order chi connectivity index (χ1) is 11.7. The molecule has 24 heavy (non-hydrogen) atoms. The maximum Gasteiger partial charge on any atom is 0.222 e. The second-order valence-corrected chi connectivity index (χ2v) is 6.29. The van der Waals surface area contributed by atoms with Crippen LogP contribution < -0.4 is 5.32 Å². The Morgan fingerprint density at radius 3 is 2.42 bits per heavy atom.